The minimum atomic E-state index is 0.599. The van der Waals surface area contributed by atoms with Gasteiger partial charge in [0.15, 0.2) is 5.13 Å². The number of aromatic nitrogens is 3. The Morgan fingerprint density at radius 3 is 2.96 bits per heavy atom. The number of anilines is 1. The van der Waals surface area contributed by atoms with Crippen LogP contribution in [0.25, 0.3) is 16.3 Å². The number of methoxy groups -OCH3 is 1. The molecule has 1 aromatic carbocycles. The predicted octanol–water partition coefficient (Wildman–Crippen LogP) is 5.11. The predicted molar refractivity (Wildman–Crippen MR) is 112 cm³/mol. The molecule has 0 saturated carbocycles. The van der Waals surface area contributed by atoms with E-state index in [-0.39, 0.29) is 0 Å². The fourth-order valence-electron chi connectivity index (χ4n) is 2.70. The van der Waals surface area contributed by atoms with Crippen LogP contribution in [0.15, 0.2) is 40.8 Å². The van der Waals surface area contributed by atoms with Crippen LogP contribution in [-0.2, 0) is 11.3 Å². The molecule has 3 rings (SSSR count). The molecule has 0 bridgehead atoms. The highest BCUT2D eigenvalue weighted by Crippen LogP contribution is 2.26. The van der Waals surface area contributed by atoms with Crippen LogP contribution in [0.2, 0.25) is 0 Å². The minimum Gasteiger partial charge on any atom is -0.496 e. The van der Waals surface area contributed by atoms with Crippen molar-refractivity contribution in [3.63, 3.8) is 0 Å². The van der Waals surface area contributed by atoms with Crippen LogP contribution in [0.3, 0.4) is 0 Å². The zero-order valence-electron chi connectivity index (χ0n) is 15.0. The van der Waals surface area contributed by atoms with Crippen LogP contribution in [0.4, 0.5) is 5.13 Å². The van der Waals surface area contributed by atoms with E-state index in [1.807, 2.05) is 24.5 Å². The van der Waals surface area contributed by atoms with E-state index in [0.717, 1.165) is 44.8 Å². The number of ether oxygens (including phenoxy) is 1. The first kappa shape index (κ1) is 18.7. The van der Waals surface area contributed by atoms with Crippen LogP contribution in [0.1, 0.15) is 30.3 Å². The van der Waals surface area contributed by atoms with Gasteiger partial charge in [-0.1, -0.05) is 24.3 Å². The summed E-state index contributed by atoms with van der Waals surface area (Å²) >= 11 is 5.09. The molecule has 0 fully saturated rings. The molecule has 0 atom stereocenters. The Labute approximate surface area is 165 Å². The van der Waals surface area contributed by atoms with E-state index in [0.29, 0.717) is 5.13 Å². The highest BCUT2D eigenvalue weighted by molar-refractivity contribution is 9.12. The van der Waals surface area contributed by atoms with Crippen molar-refractivity contribution in [1.82, 2.24) is 14.5 Å². The van der Waals surface area contributed by atoms with Gasteiger partial charge >= 0.3 is 0 Å². The summed E-state index contributed by atoms with van der Waals surface area (Å²) in [7, 11) is 1.67. The van der Waals surface area contributed by atoms with E-state index in [1.165, 1.54) is 16.9 Å². The first-order valence-corrected chi connectivity index (χ1v) is 9.91. The van der Waals surface area contributed by atoms with Gasteiger partial charge in [-0.3, -0.25) is 0 Å². The minimum absolute atomic E-state index is 0.599. The lowest BCUT2D eigenvalue weighted by molar-refractivity contribution is 0.304. The average molecular weight is 433 g/mol. The summed E-state index contributed by atoms with van der Waals surface area (Å²) in [6, 6.07) is 6.24. The molecule has 0 aliphatic rings. The molecule has 136 valence electrons. The quantitative estimate of drug-likeness (QED) is 0.434. The first-order chi connectivity index (χ1) is 12.5. The Bertz CT molecular complexity index is 987. The third-order valence-corrected chi connectivity index (χ3v) is 5.54. The van der Waals surface area contributed by atoms with Crippen molar-refractivity contribution in [1.29, 1.82) is 0 Å². The van der Waals surface area contributed by atoms with Gasteiger partial charge in [-0.05, 0) is 59.1 Å². The summed E-state index contributed by atoms with van der Waals surface area (Å²) in [5.74, 6) is 0.815. The van der Waals surface area contributed by atoms with Gasteiger partial charge in [0, 0.05) is 12.2 Å². The maximum absolute atomic E-state index is 5.79. The first-order valence-electron chi connectivity index (χ1n) is 8.30. The SMILES string of the molecule is CC/C=C(OC)/C(Br)=C\c1ncn(Cc2ccc3nc(N)sc3c2)c1C. The Hall–Kier alpha value is -2.12. The fraction of sp³-hybridized carbons (Fsp3) is 0.263. The third-order valence-electron chi connectivity index (χ3n) is 4.07. The molecule has 0 spiro atoms. The third kappa shape index (κ3) is 3.99. The van der Waals surface area contributed by atoms with E-state index < -0.39 is 0 Å². The summed E-state index contributed by atoms with van der Waals surface area (Å²) in [5, 5.41) is 0.599. The Balaban J connectivity index is 1.85. The summed E-state index contributed by atoms with van der Waals surface area (Å²) in [4.78, 5) is 8.84. The molecule has 0 saturated heterocycles. The lowest BCUT2D eigenvalue weighted by atomic mass is 10.2. The Morgan fingerprint density at radius 2 is 2.23 bits per heavy atom. The van der Waals surface area contributed by atoms with Crippen LogP contribution in [0, 0.1) is 6.92 Å². The molecule has 3 aromatic rings. The highest BCUT2D eigenvalue weighted by Gasteiger charge is 2.09. The fourth-order valence-corrected chi connectivity index (χ4v) is 4.04. The van der Waals surface area contributed by atoms with Crippen LogP contribution >= 0.6 is 27.3 Å². The van der Waals surface area contributed by atoms with Crippen molar-refractivity contribution in [2.45, 2.75) is 26.8 Å². The molecule has 2 N–H and O–H groups in total. The maximum Gasteiger partial charge on any atom is 0.181 e. The lowest BCUT2D eigenvalue weighted by Crippen LogP contribution is -2.00. The Kier molecular flexibility index (Phi) is 5.78. The van der Waals surface area contributed by atoms with E-state index in [9.17, 15) is 0 Å². The van der Waals surface area contributed by atoms with Crippen molar-refractivity contribution >= 4 is 48.7 Å². The van der Waals surface area contributed by atoms with Crippen molar-refractivity contribution in [3.8, 4) is 0 Å². The van der Waals surface area contributed by atoms with Crippen LogP contribution in [-0.4, -0.2) is 21.6 Å². The topological polar surface area (TPSA) is 66.0 Å². The molecule has 5 nitrogen and oxygen atoms in total. The van der Waals surface area contributed by atoms with E-state index in [1.54, 1.807) is 7.11 Å². The molecule has 0 radical (unpaired) electrons. The molecule has 2 aromatic heterocycles. The number of halogens is 1. The van der Waals surface area contributed by atoms with Gasteiger partial charge in [-0.2, -0.15) is 0 Å². The van der Waals surface area contributed by atoms with Crippen molar-refractivity contribution < 1.29 is 4.74 Å². The molecular formula is C19H21BrN4OS. The lowest BCUT2D eigenvalue weighted by Gasteiger charge is -2.07. The molecule has 26 heavy (non-hydrogen) atoms. The Morgan fingerprint density at radius 1 is 1.42 bits per heavy atom. The number of allylic oxidation sites excluding steroid dienone is 2. The number of nitrogens with zero attached hydrogens (tertiary/aromatic N) is 3. The zero-order chi connectivity index (χ0) is 18.7. The second kappa shape index (κ2) is 8.05. The zero-order valence-corrected chi connectivity index (χ0v) is 17.4. The molecular weight excluding hydrogens is 412 g/mol. The number of hydrogen-bond donors (Lipinski definition) is 1. The number of imidazole rings is 1. The van der Waals surface area contributed by atoms with Crippen molar-refractivity contribution in [2.24, 2.45) is 0 Å². The summed E-state index contributed by atoms with van der Waals surface area (Å²) < 4.78 is 9.53. The molecule has 2 heterocycles. The number of nitrogen functional groups attached to an aromatic ring is 1. The van der Waals surface area contributed by atoms with E-state index in [4.69, 9.17) is 10.5 Å². The van der Waals surface area contributed by atoms with E-state index in [2.05, 4.69) is 56.4 Å². The van der Waals surface area contributed by atoms with Gasteiger partial charge in [-0.15, -0.1) is 0 Å². The number of benzene rings is 1. The number of fused-ring (bicyclic) bond motifs is 1. The van der Waals surface area contributed by atoms with Crippen molar-refractivity contribution in [2.75, 3.05) is 12.8 Å². The van der Waals surface area contributed by atoms with Gasteiger partial charge in [0.25, 0.3) is 0 Å². The standard InChI is InChI=1S/C19H21BrN4OS/c1-4-5-17(25-3)14(20)9-16-12(2)24(11-22-16)10-13-6-7-15-18(8-13)26-19(21)23-15/h5-9,11H,4,10H2,1-3H3,(H2,21,23)/b14-9+,17-5-. The van der Waals surface area contributed by atoms with Crippen molar-refractivity contribution in [3.05, 3.63) is 57.8 Å². The molecule has 0 unspecified atom stereocenters. The number of nitrogens with two attached hydrogens (primary N) is 1. The van der Waals surface area contributed by atoms with Gasteiger partial charge in [0.2, 0.25) is 0 Å². The second-order valence-corrected chi connectivity index (χ2v) is 7.79. The summed E-state index contributed by atoms with van der Waals surface area (Å²) in [6.45, 7) is 4.89. The molecule has 0 amide bonds. The maximum atomic E-state index is 5.79. The summed E-state index contributed by atoms with van der Waals surface area (Å²) in [5.41, 5.74) is 9.94. The molecule has 7 heteroatoms. The van der Waals surface area contributed by atoms with Crippen LogP contribution < -0.4 is 5.73 Å². The van der Waals surface area contributed by atoms with E-state index >= 15 is 0 Å². The van der Waals surface area contributed by atoms with Gasteiger partial charge < -0.3 is 15.0 Å². The number of rotatable bonds is 6. The highest BCUT2D eigenvalue weighted by atomic mass is 79.9. The average Bonchev–Trinajstić information content (AvgIpc) is 3.15. The summed E-state index contributed by atoms with van der Waals surface area (Å²) in [6.07, 6.45) is 6.79. The number of hydrogen-bond acceptors (Lipinski definition) is 5. The van der Waals surface area contributed by atoms with Gasteiger partial charge in [-0.25, -0.2) is 9.97 Å². The largest absolute Gasteiger partial charge is 0.496 e. The second-order valence-electron chi connectivity index (χ2n) is 5.87. The molecule has 0 aliphatic heterocycles. The smallest absolute Gasteiger partial charge is 0.181 e. The molecule has 0 aliphatic carbocycles. The normalized spacial score (nSPS) is 12.8. The van der Waals surface area contributed by atoms with Crippen LogP contribution in [0.5, 0.6) is 0 Å². The van der Waals surface area contributed by atoms with Gasteiger partial charge in [0.05, 0.1) is 33.8 Å². The number of thiazole rings is 1. The van der Waals surface area contributed by atoms with Gasteiger partial charge in [0.1, 0.15) is 5.76 Å². The monoisotopic (exact) mass is 432 g/mol.